The van der Waals surface area contributed by atoms with Gasteiger partial charge in [0.2, 0.25) is 0 Å². The fourth-order valence-corrected chi connectivity index (χ4v) is 3.83. The van der Waals surface area contributed by atoms with Gasteiger partial charge < -0.3 is 15.5 Å². The summed E-state index contributed by atoms with van der Waals surface area (Å²) in [6.07, 6.45) is 2.70. The summed E-state index contributed by atoms with van der Waals surface area (Å²) >= 11 is 1.68. The Labute approximate surface area is 182 Å². The average Bonchev–Trinajstić information content (AvgIpc) is 2.77. The number of hydrogen-bond donors (Lipinski definition) is 2. The second kappa shape index (κ2) is 12.0. The van der Waals surface area contributed by atoms with Gasteiger partial charge in [-0.05, 0) is 55.4 Å². The normalized spacial score (nSPS) is 10.7. The maximum Gasteiger partial charge on any atom is 0.319 e. The van der Waals surface area contributed by atoms with Crippen molar-refractivity contribution >= 4 is 23.5 Å². The first kappa shape index (κ1) is 21.9. The standard InChI is InChI=1S/C24H28N4OS/c1-28(18-20-9-3-2-4-10-20)16-8-15-26-24(29)27-22-12-7-11-21(17-22)19-30-23-13-5-6-14-25-23/h2-7,9-14,17H,8,15-16,18-19H2,1H3,(H2,26,27,29). The van der Waals surface area contributed by atoms with Gasteiger partial charge in [0, 0.05) is 30.7 Å². The SMILES string of the molecule is CN(CCCNC(=O)Nc1cccc(CSc2ccccn2)c1)Cc1ccccc1. The molecule has 2 aromatic carbocycles. The van der Waals surface area contributed by atoms with Gasteiger partial charge in [0.25, 0.3) is 0 Å². The molecule has 0 saturated heterocycles. The summed E-state index contributed by atoms with van der Waals surface area (Å²) in [4.78, 5) is 18.8. The molecule has 3 rings (SSSR count). The number of amides is 2. The number of anilines is 1. The third-order valence-electron chi connectivity index (χ3n) is 4.51. The van der Waals surface area contributed by atoms with Crippen LogP contribution < -0.4 is 10.6 Å². The lowest BCUT2D eigenvalue weighted by molar-refractivity contribution is 0.250. The zero-order chi connectivity index (χ0) is 21.0. The van der Waals surface area contributed by atoms with Gasteiger partial charge in [-0.2, -0.15) is 0 Å². The topological polar surface area (TPSA) is 57.3 Å². The molecule has 6 heteroatoms. The maximum absolute atomic E-state index is 12.2. The van der Waals surface area contributed by atoms with Gasteiger partial charge in [0.1, 0.15) is 0 Å². The van der Waals surface area contributed by atoms with Crippen molar-refractivity contribution in [3.63, 3.8) is 0 Å². The number of hydrogen-bond acceptors (Lipinski definition) is 4. The van der Waals surface area contributed by atoms with Crippen LogP contribution in [0.15, 0.2) is 84.0 Å². The van der Waals surface area contributed by atoms with Crippen LogP contribution in [0.4, 0.5) is 10.5 Å². The third kappa shape index (κ3) is 7.89. The predicted molar refractivity (Wildman–Crippen MR) is 125 cm³/mol. The molecule has 1 aromatic heterocycles. The first-order chi connectivity index (χ1) is 14.7. The van der Waals surface area contributed by atoms with E-state index < -0.39 is 0 Å². The molecule has 5 nitrogen and oxygen atoms in total. The van der Waals surface area contributed by atoms with Crippen LogP contribution in [0.1, 0.15) is 17.5 Å². The van der Waals surface area contributed by atoms with E-state index in [2.05, 4.69) is 57.9 Å². The summed E-state index contributed by atoms with van der Waals surface area (Å²) in [6.45, 7) is 2.48. The zero-order valence-corrected chi connectivity index (χ0v) is 18.1. The lowest BCUT2D eigenvalue weighted by atomic mass is 10.2. The van der Waals surface area contributed by atoms with E-state index in [1.807, 2.05) is 42.5 Å². The highest BCUT2D eigenvalue weighted by Gasteiger charge is 2.04. The van der Waals surface area contributed by atoms with Crippen molar-refractivity contribution in [2.75, 3.05) is 25.5 Å². The molecule has 2 N–H and O–H groups in total. The van der Waals surface area contributed by atoms with E-state index in [9.17, 15) is 4.79 Å². The summed E-state index contributed by atoms with van der Waals surface area (Å²) in [5.41, 5.74) is 3.24. The average molecular weight is 421 g/mol. The fourth-order valence-electron chi connectivity index (χ4n) is 3.03. The van der Waals surface area contributed by atoms with E-state index in [4.69, 9.17) is 0 Å². The van der Waals surface area contributed by atoms with E-state index in [0.717, 1.165) is 41.5 Å². The number of benzene rings is 2. The van der Waals surface area contributed by atoms with Crippen molar-refractivity contribution in [3.8, 4) is 0 Å². The number of carbonyl (C=O) groups is 1. The summed E-state index contributed by atoms with van der Waals surface area (Å²) < 4.78 is 0. The number of thioether (sulfide) groups is 1. The number of carbonyl (C=O) groups excluding carboxylic acids is 1. The van der Waals surface area contributed by atoms with Gasteiger partial charge in [0.05, 0.1) is 5.03 Å². The molecule has 0 spiro atoms. The molecular weight excluding hydrogens is 392 g/mol. The van der Waals surface area contributed by atoms with Crippen molar-refractivity contribution in [2.24, 2.45) is 0 Å². The van der Waals surface area contributed by atoms with Gasteiger partial charge in [-0.25, -0.2) is 9.78 Å². The largest absolute Gasteiger partial charge is 0.338 e. The third-order valence-corrected chi connectivity index (χ3v) is 5.52. The van der Waals surface area contributed by atoms with Crippen molar-refractivity contribution < 1.29 is 4.79 Å². The molecule has 0 bridgehead atoms. The molecule has 0 aliphatic heterocycles. The predicted octanol–water partition coefficient (Wildman–Crippen LogP) is 5.02. The van der Waals surface area contributed by atoms with E-state index >= 15 is 0 Å². The zero-order valence-electron chi connectivity index (χ0n) is 17.3. The summed E-state index contributed by atoms with van der Waals surface area (Å²) in [5.74, 6) is 0.807. The van der Waals surface area contributed by atoms with E-state index in [-0.39, 0.29) is 6.03 Å². The van der Waals surface area contributed by atoms with Gasteiger partial charge in [-0.3, -0.25) is 0 Å². The maximum atomic E-state index is 12.2. The molecule has 1 heterocycles. The van der Waals surface area contributed by atoms with Crippen molar-refractivity contribution in [1.82, 2.24) is 15.2 Å². The molecular formula is C24H28N4OS. The van der Waals surface area contributed by atoms with Crippen molar-refractivity contribution in [2.45, 2.75) is 23.7 Å². The Morgan fingerprint density at radius 2 is 1.80 bits per heavy atom. The highest BCUT2D eigenvalue weighted by Crippen LogP contribution is 2.22. The fraction of sp³-hybridized carbons (Fsp3) is 0.250. The van der Waals surface area contributed by atoms with Crippen LogP contribution in [0.5, 0.6) is 0 Å². The van der Waals surface area contributed by atoms with Crippen molar-refractivity contribution in [1.29, 1.82) is 0 Å². The Bertz CT molecular complexity index is 905. The second-order valence-electron chi connectivity index (χ2n) is 7.11. The smallest absolute Gasteiger partial charge is 0.319 e. The molecule has 156 valence electrons. The van der Waals surface area contributed by atoms with Gasteiger partial charge in [0.15, 0.2) is 0 Å². The van der Waals surface area contributed by atoms with Crippen LogP contribution in [-0.2, 0) is 12.3 Å². The van der Waals surface area contributed by atoms with E-state index in [1.54, 1.807) is 18.0 Å². The van der Waals surface area contributed by atoms with Crippen LogP contribution >= 0.6 is 11.8 Å². The number of urea groups is 1. The Kier molecular flexibility index (Phi) is 8.75. The summed E-state index contributed by atoms with van der Waals surface area (Å²) in [7, 11) is 2.10. The molecule has 2 amide bonds. The molecule has 0 fully saturated rings. The first-order valence-electron chi connectivity index (χ1n) is 10.1. The lowest BCUT2D eigenvalue weighted by Gasteiger charge is -2.17. The number of pyridine rings is 1. The second-order valence-corrected chi connectivity index (χ2v) is 8.11. The first-order valence-corrected chi connectivity index (χ1v) is 11.1. The summed E-state index contributed by atoms with van der Waals surface area (Å²) in [6, 6.07) is 24.0. The molecule has 0 aliphatic rings. The molecule has 0 atom stereocenters. The molecule has 0 aliphatic carbocycles. The number of nitrogens with zero attached hydrogens (tertiary/aromatic N) is 2. The van der Waals surface area contributed by atoms with Crippen LogP contribution in [0.3, 0.4) is 0 Å². The van der Waals surface area contributed by atoms with E-state index in [0.29, 0.717) is 6.54 Å². The molecule has 0 saturated carbocycles. The number of nitrogens with one attached hydrogen (secondary N) is 2. The highest BCUT2D eigenvalue weighted by molar-refractivity contribution is 7.98. The molecule has 0 radical (unpaired) electrons. The molecule has 0 unspecified atom stereocenters. The van der Waals surface area contributed by atoms with Crippen molar-refractivity contribution in [3.05, 3.63) is 90.1 Å². The Morgan fingerprint density at radius 3 is 2.60 bits per heavy atom. The molecule has 30 heavy (non-hydrogen) atoms. The number of rotatable bonds is 10. The van der Waals surface area contributed by atoms with Crippen LogP contribution in [0.25, 0.3) is 0 Å². The van der Waals surface area contributed by atoms with Gasteiger partial charge >= 0.3 is 6.03 Å². The Hall–Kier alpha value is -2.83. The van der Waals surface area contributed by atoms with Crippen LogP contribution in [0.2, 0.25) is 0 Å². The minimum absolute atomic E-state index is 0.171. The Morgan fingerprint density at radius 1 is 1.00 bits per heavy atom. The van der Waals surface area contributed by atoms with Gasteiger partial charge in [-0.15, -0.1) is 11.8 Å². The van der Waals surface area contributed by atoms with Gasteiger partial charge in [-0.1, -0.05) is 48.5 Å². The van der Waals surface area contributed by atoms with Crippen LogP contribution in [0, 0.1) is 0 Å². The summed E-state index contributed by atoms with van der Waals surface area (Å²) in [5, 5.41) is 6.85. The minimum atomic E-state index is -0.171. The monoisotopic (exact) mass is 420 g/mol. The Balaban J connectivity index is 1.35. The number of aromatic nitrogens is 1. The highest BCUT2D eigenvalue weighted by atomic mass is 32.2. The van der Waals surface area contributed by atoms with E-state index in [1.165, 1.54) is 5.56 Å². The minimum Gasteiger partial charge on any atom is -0.338 e. The van der Waals surface area contributed by atoms with Crippen LogP contribution in [-0.4, -0.2) is 36.1 Å². The molecule has 3 aromatic rings. The quantitative estimate of drug-likeness (QED) is 0.357. The lowest BCUT2D eigenvalue weighted by Crippen LogP contribution is -2.31.